The fourth-order valence-electron chi connectivity index (χ4n) is 2.55. The molecule has 1 heterocycles. The van der Waals surface area contributed by atoms with Crippen molar-refractivity contribution in [1.29, 1.82) is 0 Å². The van der Waals surface area contributed by atoms with E-state index in [1.54, 1.807) is 19.1 Å². The first-order valence-corrected chi connectivity index (χ1v) is 10.4. The van der Waals surface area contributed by atoms with Gasteiger partial charge in [0.2, 0.25) is 0 Å². The fourth-order valence-corrected chi connectivity index (χ4v) is 3.25. The van der Waals surface area contributed by atoms with E-state index in [9.17, 15) is 4.79 Å². The van der Waals surface area contributed by atoms with E-state index < -0.39 is 0 Å². The summed E-state index contributed by atoms with van der Waals surface area (Å²) in [7, 11) is 3.29. The predicted octanol–water partition coefficient (Wildman–Crippen LogP) is 4.08. The molecule has 0 bridgehead atoms. The lowest BCUT2D eigenvalue weighted by Gasteiger charge is -2.28. The Labute approximate surface area is 177 Å². The lowest BCUT2D eigenvalue weighted by Crippen LogP contribution is -2.48. The van der Waals surface area contributed by atoms with Crippen LogP contribution in [0, 0.1) is 0 Å². The number of rotatable bonds is 10. The Morgan fingerprint density at radius 2 is 1.86 bits per heavy atom. The number of carbonyl (C=O) groups excluding carboxylic acids is 1. The van der Waals surface area contributed by atoms with E-state index in [1.165, 1.54) is 11.3 Å². The molecule has 2 rings (SSSR count). The number of hydrogen-bond acceptors (Lipinski definition) is 6. The van der Waals surface area contributed by atoms with Gasteiger partial charge in [-0.15, -0.1) is 11.3 Å². The molecule has 29 heavy (non-hydrogen) atoms. The van der Waals surface area contributed by atoms with E-state index in [0.29, 0.717) is 26.3 Å². The average molecular weight is 422 g/mol. The number of hydrogen-bond donors (Lipinski definition) is 1. The van der Waals surface area contributed by atoms with Crippen LogP contribution in [0.25, 0.3) is 0 Å². The van der Waals surface area contributed by atoms with Gasteiger partial charge in [0.25, 0.3) is 0 Å². The third-order valence-electron chi connectivity index (χ3n) is 3.92. The molecule has 0 aliphatic rings. The number of thiazole rings is 1. The summed E-state index contributed by atoms with van der Waals surface area (Å²) < 4.78 is 16.1. The van der Waals surface area contributed by atoms with Gasteiger partial charge in [-0.3, -0.25) is 0 Å². The molecule has 160 valence electrons. The van der Waals surface area contributed by atoms with Crippen LogP contribution in [0.2, 0.25) is 0 Å². The highest BCUT2D eigenvalue weighted by Gasteiger charge is 2.20. The molecule has 8 heteroatoms. The zero-order valence-corrected chi connectivity index (χ0v) is 18.7. The molecule has 0 aliphatic carbocycles. The number of nitrogens with one attached hydrogen (secondary N) is 1. The van der Waals surface area contributed by atoms with Gasteiger partial charge in [-0.2, -0.15) is 0 Å². The summed E-state index contributed by atoms with van der Waals surface area (Å²) in [5.41, 5.74) is 0.556. The van der Waals surface area contributed by atoms with Crippen LogP contribution in [0.15, 0.2) is 29.6 Å². The molecule has 1 N–H and O–H groups in total. The standard InChI is InChI=1S/C21H31N3O4S/c1-21(2,3)23-20(25)24(11-6-12-26-4)13-16-15-29-19(22-16)14-28-18-9-7-17(27-5)8-10-18/h7-10,15H,6,11-14H2,1-5H3,(H,23,25). The van der Waals surface area contributed by atoms with Crippen LogP contribution < -0.4 is 14.8 Å². The van der Waals surface area contributed by atoms with Crippen LogP contribution in [0.1, 0.15) is 37.9 Å². The highest BCUT2D eigenvalue weighted by atomic mass is 32.1. The second-order valence-electron chi connectivity index (χ2n) is 7.64. The van der Waals surface area contributed by atoms with Crippen LogP contribution >= 0.6 is 11.3 Å². The van der Waals surface area contributed by atoms with Gasteiger partial charge in [0.05, 0.1) is 19.3 Å². The molecule has 1 aromatic heterocycles. The Balaban J connectivity index is 1.94. The maximum Gasteiger partial charge on any atom is 0.318 e. The lowest BCUT2D eigenvalue weighted by atomic mass is 10.1. The summed E-state index contributed by atoms with van der Waals surface area (Å²) in [6.45, 7) is 7.95. The van der Waals surface area contributed by atoms with Crippen molar-refractivity contribution in [2.75, 3.05) is 27.4 Å². The average Bonchev–Trinajstić information content (AvgIpc) is 3.12. The molecule has 0 unspecified atom stereocenters. The number of carbonyl (C=O) groups is 1. The Kier molecular flexibility index (Phi) is 8.72. The van der Waals surface area contributed by atoms with Crippen LogP contribution in [-0.2, 0) is 17.9 Å². The molecule has 0 saturated heterocycles. The first-order chi connectivity index (χ1) is 13.8. The Morgan fingerprint density at radius 3 is 2.48 bits per heavy atom. The van der Waals surface area contributed by atoms with Crippen molar-refractivity contribution in [2.45, 2.75) is 45.9 Å². The van der Waals surface area contributed by atoms with E-state index in [4.69, 9.17) is 14.2 Å². The van der Waals surface area contributed by atoms with Gasteiger partial charge < -0.3 is 24.4 Å². The Bertz CT molecular complexity index is 756. The number of methoxy groups -OCH3 is 2. The van der Waals surface area contributed by atoms with Gasteiger partial charge in [0.15, 0.2) is 0 Å². The SMILES string of the molecule is COCCCN(Cc1csc(COc2ccc(OC)cc2)n1)C(=O)NC(C)(C)C. The minimum atomic E-state index is -0.296. The number of nitrogens with zero attached hydrogens (tertiary/aromatic N) is 2. The monoisotopic (exact) mass is 421 g/mol. The normalized spacial score (nSPS) is 11.2. The molecule has 0 atom stereocenters. The van der Waals surface area contributed by atoms with Crippen LogP contribution in [0.5, 0.6) is 11.5 Å². The summed E-state index contributed by atoms with van der Waals surface area (Å²) in [5.74, 6) is 1.55. The molecule has 1 aromatic carbocycles. The third kappa shape index (κ3) is 8.29. The lowest BCUT2D eigenvalue weighted by molar-refractivity contribution is 0.161. The summed E-state index contributed by atoms with van der Waals surface area (Å²) in [6.07, 6.45) is 0.769. The largest absolute Gasteiger partial charge is 0.497 e. The van der Waals surface area contributed by atoms with E-state index in [1.807, 2.05) is 50.4 Å². The van der Waals surface area contributed by atoms with Gasteiger partial charge in [-0.1, -0.05) is 0 Å². The molecule has 2 amide bonds. The number of amides is 2. The van der Waals surface area contributed by atoms with Gasteiger partial charge in [-0.05, 0) is 51.5 Å². The van der Waals surface area contributed by atoms with Crippen LogP contribution in [-0.4, -0.2) is 48.8 Å². The van der Waals surface area contributed by atoms with E-state index in [2.05, 4.69) is 10.3 Å². The van der Waals surface area contributed by atoms with Crippen molar-refractivity contribution in [1.82, 2.24) is 15.2 Å². The predicted molar refractivity (Wildman–Crippen MR) is 115 cm³/mol. The smallest absolute Gasteiger partial charge is 0.318 e. The maximum atomic E-state index is 12.6. The van der Waals surface area contributed by atoms with Crippen molar-refractivity contribution in [3.63, 3.8) is 0 Å². The van der Waals surface area contributed by atoms with E-state index >= 15 is 0 Å². The first-order valence-electron chi connectivity index (χ1n) is 9.57. The summed E-state index contributed by atoms with van der Waals surface area (Å²) in [4.78, 5) is 19.0. The zero-order chi connectivity index (χ0) is 21.3. The molecule has 0 radical (unpaired) electrons. The van der Waals surface area contributed by atoms with Crippen molar-refractivity contribution in [2.24, 2.45) is 0 Å². The molecular formula is C21H31N3O4S. The summed E-state index contributed by atoms with van der Waals surface area (Å²) in [5, 5.41) is 5.85. The minimum absolute atomic E-state index is 0.0994. The van der Waals surface area contributed by atoms with Crippen LogP contribution in [0.3, 0.4) is 0 Å². The molecule has 0 aliphatic heterocycles. The number of aromatic nitrogens is 1. The highest BCUT2D eigenvalue weighted by molar-refractivity contribution is 7.09. The first kappa shape index (κ1) is 23.0. The highest BCUT2D eigenvalue weighted by Crippen LogP contribution is 2.20. The molecule has 0 fully saturated rings. The van der Waals surface area contributed by atoms with Gasteiger partial charge >= 0.3 is 6.03 Å². The van der Waals surface area contributed by atoms with Gasteiger partial charge in [-0.25, -0.2) is 9.78 Å². The van der Waals surface area contributed by atoms with Crippen molar-refractivity contribution < 1.29 is 19.0 Å². The number of urea groups is 1. The molecule has 0 spiro atoms. The quantitative estimate of drug-likeness (QED) is 0.585. The van der Waals surface area contributed by atoms with Crippen molar-refractivity contribution in [3.05, 3.63) is 40.3 Å². The Hall–Kier alpha value is -2.32. The van der Waals surface area contributed by atoms with Crippen molar-refractivity contribution in [3.8, 4) is 11.5 Å². The van der Waals surface area contributed by atoms with Gasteiger partial charge in [0.1, 0.15) is 23.1 Å². The summed E-state index contributed by atoms with van der Waals surface area (Å²) >= 11 is 1.53. The van der Waals surface area contributed by atoms with Crippen molar-refractivity contribution >= 4 is 17.4 Å². The van der Waals surface area contributed by atoms with Gasteiger partial charge in [0, 0.05) is 31.2 Å². The number of benzene rings is 1. The number of ether oxygens (including phenoxy) is 3. The molecule has 2 aromatic rings. The minimum Gasteiger partial charge on any atom is -0.497 e. The molecule has 0 saturated carbocycles. The fraction of sp³-hybridized carbons (Fsp3) is 0.524. The maximum absolute atomic E-state index is 12.6. The van der Waals surface area contributed by atoms with E-state index in [0.717, 1.165) is 28.6 Å². The zero-order valence-electron chi connectivity index (χ0n) is 17.9. The molecular weight excluding hydrogens is 390 g/mol. The Morgan fingerprint density at radius 1 is 1.17 bits per heavy atom. The molecule has 7 nitrogen and oxygen atoms in total. The second kappa shape index (κ2) is 11.0. The second-order valence-corrected chi connectivity index (χ2v) is 8.59. The van der Waals surface area contributed by atoms with Crippen LogP contribution in [0.4, 0.5) is 4.79 Å². The topological polar surface area (TPSA) is 72.9 Å². The van der Waals surface area contributed by atoms with E-state index in [-0.39, 0.29) is 11.6 Å². The third-order valence-corrected chi connectivity index (χ3v) is 4.79. The summed E-state index contributed by atoms with van der Waals surface area (Å²) in [6, 6.07) is 7.34.